The molecule has 0 N–H and O–H groups in total. The number of thioether (sulfide) groups is 2. The lowest BCUT2D eigenvalue weighted by atomic mass is 10.2. The first-order valence-electron chi connectivity index (χ1n) is 6.51. The van der Waals surface area contributed by atoms with E-state index in [1.54, 1.807) is 30.9 Å². The van der Waals surface area contributed by atoms with Gasteiger partial charge in [-0.25, -0.2) is 4.39 Å². The van der Waals surface area contributed by atoms with E-state index in [2.05, 4.69) is 4.99 Å². The summed E-state index contributed by atoms with van der Waals surface area (Å²) in [5, 5.41) is 0.0931. The summed E-state index contributed by atoms with van der Waals surface area (Å²) in [7, 11) is 1.66. The number of nitrogens with zero attached hydrogens (tertiary/aromatic N) is 2. The van der Waals surface area contributed by atoms with Crippen molar-refractivity contribution in [3.63, 3.8) is 0 Å². The highest BCUT2D eigenvalue weighted by Gasteiger charge is 2.23. The van der Waals surface area contributed by atoms with E-state index in [9.17, 15) is 9.18 Å². The van der Waals surface area contributed by atoms with E-state index in [0.717, 1.165) is 16.7 Å². The third kappa shape index (κ3) is 4.37. The van der Waals surface area contributed by atoms with Crippen LogP contribution in [0.5, 0.6) is 0 Å². The first kappa shape index (κ1) is 16.6. The SMILES string of the molecule is C[C@H](SC1=NCCS1)C(=O)N(C)Cc1c(F)cccc1Cl. The van der Waals surface area contributed by atoms with Gasteiger partial charge in [0.25, 0.3) is 0 Å². The monoisotopic (exact) mass is 346 g/mol. The van der Waals surface area contributed by atoms with Crippen molar-refractivity contribution in [3.8, 4) is 0 Å². The number of aliphatic imine (C=N–C) groups is 1. The Morgan fingerprint density at radius 3 is 3.00 bits per heavy atom. The minimum absolute atomic E-state index is 0.0606. The maximum atomic E-state index is 13.8. The number of carbonyl (C=O) groups excluding carboxylic acids is 1. The summed E-state index contributed by atoms with van der Waals surface area (Å²) >= 11 is 9.12. The van der Waals surface area contributed by atoms with Gasteiger partial charge in [0.2, 0.25) is 5.91 Å². The Morgan fingerprint density at radius 1 is 1.62 bits per heavy atom. The lowest BCUT2D eigenvalue weighted by Crippen LogP contribution is -2.33. The average Bonchev–Trinajstić information content (AvgIpc) is 2.94. The van der Waals surface area contributed by atoms with Gasteiger partial charge in [-0.1, -0.05) is 41.2 Å². The Hall–Kier alpha value is -0.720. The van der Waals surface area contributed by atoms with Crippen LogP contribution in [0.2, 0.25) is 5.02 Å². The van der Waals surface area contributed by atoms with Crippen molar-refractivity contribution in [1.29, 1.82) is 0 Å². The molecule has 3 nitrogen and oxygen atoms in total. The normalized spacial score (nSPS) is 15.7. The Morgan fingerprint density at radius 2 is 2.38 bits per heavy atom. The quantitative estimate of drug-likeness (QED) is 0.834. The number of amides is 1. The van der Waals surface area contributed by atoms with Gasteiger partial charge in [0.1, 0.15) is 10.2 Å². The fraction of sp³-hybridized carbons (Fsp3) is 0.429. The Bertz CT molecular complexity index is 548. The van der Waals surface area contributed by atoms with Crippen molar-refractivity contribution < 1.29 is 9.18 Å². The highest BCUT2D eigenvalue weighted by Crippen LogP contribution is 2.27. The van der Waals surface area contributed by atoms with E-state index < -0.39 is 5.82 Å². The zero-order chi connectivity index (χ0) is 15.4. The molecule has 0 saturated carbocycles. The molecule has 1 aliphatic heterocycles. The van der Waals surface area contributed by atoms with Gasteiger partial charge in [0, 0.05) is 29.9 Å². The molecule has 0 spiro atoms. The van der Waals surface area contributed by atoms with Gasteiger partial charge in [0.15, 0.2) is 0 Å². The molecule has 0 aliphatic carbocycles. The van der Waals surface area contributed by atoms with Gasteiger partial charge in [-0.15, -0.1) is 0 Å². The Balaban J connectivity index is 1.98. The second kappa shape index (κ2) is 7.51. The first-order chi connectivity index (χ1) is 9.99. The molecule has 21 heavy (non-hydrogen) atoms. The summed E-state index contributed by atoms with van der Waals surface area (Å²) < 4.78 is 14.7. The minimum atomic E-state index is -0.391. The minimum Gasteiger partial charge on any atom is -0.340 e. The van der Waals surface area contributed by atoms with E-state index in [-0.39, 0.29) is 17.7 Å². The molecule has 1 heterocycles. The summed E-state index contributed by atoms with van der Waals surface area (Å²) in [5.41, 5.74) is 0.347. The molecule has 7 heteroatoms. The number of rotatable bonds is 4. The summed E-state index contributed by atoms with van der Waals surface area (Å²) in [6.45, 7) is 2.82. The number of hydrogen-bond acceptors (Lipinski definition) is 4. The van der Waals surface area contributed by atoms with E-state index in [0.29, 0.717) is 10.6 Å². The van der Waals surface area contributed by atoms with Crippen molar-refractivity contribution in [2.24, 2.45) is 4.99 Å². The second-order valence-electron chi connectivity index (χ2n) is 4.65. The van der Waals surface area contributed by atoms with Crippen molar-refractivity contribution in [2.75, 3.05) is 19.3 Å². The van der Waals surface area contributed by atoms with Gasteiger partial charge >= 0.3 is 0 Å². The average molecular weight is 347 g/mol. The summed E-state index contributed by atoms with van der Waals surface area (Å²) in [6.07, 6.45) is 0. The molecule has 0 saturated heterocycles. The molecule has 0 aromatic heterocycles. The van der Waals surface area contributed by atoms with E-state index in [1.807, 2.05) is 6.92 Å². The summed E-state index contributed by atoms with van der Waals surface area (Å²) in [6, 6.07) is 4.53. The molecule has 1 atom stereocenters. The lowest BCUT2D eigenvalue weighted by Gasteiger charge is -2.21. The predicted octanol–water partition coefficient (Wildman–Crippen LogP) is 3.66. The Kier molecular flexibility index (Phi) is 5.96. The van der Waals surface area contributed by atoms with Crippen molar-refractivity contribution in [3.05, 3.63) is 34.6 Å². The number of hydrogen-bond donors (Lipinski definition) is 0. The topological polar surface area (TPSA) is 32.7 Å². The van der Waals surface area contributed by atoms with Crippen LogP contribution in [0.4, 0.5) is 4.39 Å². The van der Waals surface area contributed by atoms with Crippen LogP contribution >= 0.6 is 35.1 Å². The van der Waals surface area contributed by atoms with Gasteiger partial charge < -0.3 is 4.90 Å². The third-order valence-electron chi connectivity index (χ3n) is 3.02. The van der Waals surface area contributed by atoms with E-state index >= 15 is 0 Å². The number of benzene rings is 1. The zero-order valence-electron chi connectivity index (χ0n) is 11.8. The molecular formula is C14H16ClFN2OS2. The van der Waals surface area contributed by atoms with Crippen molar-refractivity contribution in [1.82, 2.24) is 4.90 Å². The van der Waals surface area contributed by atoms with Gasteiger partial charge in [-0.2, -0.15) is 0 Å². The van der Waals surface area contributed by atoms with Crippen LogP contribution in [-0.2, 0) is 11.3 Å². The Labute approximate surface area is 137 Å². The highest BCUT2D eigenvalue weighted by molar-refractivity contribution is 8.39. The van der Waals surface area contributed by atoms with E-state index in [1.165, 1.54) is 22.7 Å². The molecule has 1 aliphatic rings. The molecule has 1 aromatic rings. The molecule has 1 aromatic carbocycles. The maximum absolute atomic E-state index is 13.8. The molecule has 0 unspecified atom stereocenters. The lowest BCUT2D eigenvalue weighted by molar-refractivity contribution is -0.129. The fourth-order valence-corrected chi connectivity index (χ4v) is 4.36. The van der Waals surface area contributed by atoms with Crippen LogP contribution in [0, 0.1) is 5.82 Å². The van der Waals surface area contributed by atoms with Gasteiger partial charge in [-0.3, -0.25) is 9.79 Å². The van der Waals surface area contributed by atoms with Crippen LogP contribution in [0.15, 0.2) is 23.2 Å². The smallest absolute Gasteiger partial charge is 0.235 e. The standard InChI is InChI=1S/C14H16ClFN2OS2/c1-9(21-14-17-6-7-20-14)13(19)18(2)8-10-11(15)4-3-5-12(10)16/h3-5,9H,6-8H2,1-2H3/t9-/m0/s1. The molecule has 0 radical (unpaired) electrons. The molecule has 114 valence electrons. The van der Waals surface area contributed by atoms with Crippen LogP contribution in [0.25, 0.3) is 0 Å². The van der Waals surface area contributed by atoms with Crippen LogP contribution in [0.3, 0.4) is 0 Å². The number of halogens is 2. The van der Waals surface area contributed by atoms with Gasteiger partial charge in [-0.05, 0) is 19.1 Å². The first-order valence-corrected chi connectivity index (χ1v) is 8.75. The van der Waals surface area contributed by atoms with Crippen molar-refractivity contribution >= 4 is 45.4 Å². The van der Waals surface area contributed by atoms with Gasteiger partial charge in [0.05, 0.1) is 11.8 Å². The molecule has 2 rings (SSSR count). The molecule has 1 amide bonds. The maximum Gasteiger partial charge on any atom is 0.235 e. The molecular weight excluding hydrogens is 331 g/mol. The van der Waals surface area contributed by atoms with Crippen molar-refractivity contribution in [2.45, 2.75) is 18.7 Å². The second-order valence-corrected chi connectivity index (χ2v) is 7.73. The summed E-state index contributed by atoms with van der Waals surface area (Å²) in [5.74, 6) is 0.525. The van der Waals surface area contributed by atoms with Crippen LogP contribution in [-0.4, -0.2) is 39.8 Å². The van der Waals surface area contributed by atoms with E-state index in [4.69, 9.17) is 11.6 Å². The highest BCUT2D eigenvalue weighted by atomic mass is 35.5. The largest absolute Gasteiger partial charge is 0.340 e. The molecule has 0 fully saturated rings. The molecule has 0 bridgehead atoms. The summed E-state index contributed by atoms with van der Waals surface area (Å²) in [4.78, 5) is 18.2. The number of carbonyl (C=O) groups is 1. The third-order valence-corrected chi connectivity index (χ3v) is 5.66. The predicted molar refractivity (Wildman–Crippen MR) is 89.7 cm³/mol. The fourth-order valence-electron chi connectivity index (χ4n) is 1.90. The van der Waals surface area contributed by atoms with Crippen LogP contribution < -0.4 is 0 Å². The zero-order valence-corrected chi connectivity index (χ0v) is 14.2. The van der Waals surface area contributed by atoms with Crippen LogP contribution in [0.1, 0.15) is 12.5 Å².